The lowest BCUT2D eigenvalue weighted by molar-refractivity contribution is -0.115. The van der Waals surface area contributed by atoms with Crippen LogP contribution in [0, 0.1) is 11.7 Å². The van der Waals surface area contributed by atoms with Crippen molar-refractivity contribution in [2.75, 3.05) is 11.9 Å². The van der Waals surface area contributed by atoms with Gasteiger partial charge in [-0.15, -0.1) is 0 Å². The average Bonchev–Trinajstić information content (AvgIpc) is 2.49. The predicted octanol–water partition coefficient (Wildman–Crippen LogP) is 4.51. The quantitative estimate of drug-likeness (QED) is 0.775. The number of carbonyl (C=O) groups excluding carboxylic acids is 1. The van der Waals surface area contributed by atoms with Crippen LogP contribution in [-0.4, -0.2) is 12.5 Å². The first-order valence-electron chi connectivity index (χ1n) is 7.50. The Hall–Kier alpha value is -1.72. The van der Waals surface area contributed by atoms with Crippen LogP contribution in [0.15, 0.2) is 53.0 Å². The molecule has 5 heteroatoms. The summed E-state index contributed by atoms with van der Waals surface area (Å²) in [5, 5.41) is 6.09. The first kappa shape index (κ1) is 17.6. The van der Waals surface area contributed by atoms with Gasteiger partial charge in [-0.3, -0.25) is 4.79 Å². The van der Waals surface area contributed by atoms with Gasteiger partial charge in [-0.25, -0.2) is 4.39 Å². The second-order valence-corrected chi connectivity index (χ2v) is 6.63. The molecular weight excluding hydrogens is 359 g/mol. The molecule has 23 heavy (non-hydrogen) atoms. The number of hydrogen-bond acceptors (Lipinski definition) is 2. The summed E-state index contributed by atoms with van der Waals surface area (Å²) in [6, 6.07) is 13.8. The van der Waals surface area contributed by atoms with Gasteiger partial charge in [0.2, 0.25) is 5.91 Å². The van der Waals surface area contributed by atoms with Gasteiger partial charge in [0.15, 0.2) is 0 Å². The Morgan fingerprint density at radius 3 is 2.48 bits per heavy atom. The van der Waals surface area contributed by atoms with E-state index in [4.69, 9.17) is 0 Å². The van der Waals surface area contributed by atoms with Crippen LogP contribution in [0.1, 0.15) is 25.5 Å². The van der Waals surface area contributed by atoms with E-state index in [2.05, 4.69) is 40.4 Å². The monoisotopic (exact) mass is 378 g/mol. The topological polar surface area (TPSA) is 41.1 Å². The summed E-state index contributed by atoms with van der Waals surface area (Å²) in [5.41, 5.74) is 1.71. The predicted molar refractivity (Wildman–Crippen MR) is 94.8 cm³/mol. The second-order valence-electron chi connectivity index (χ2n) is 5.71. The largest absolute Gasteiger partial charge is 0.325 e. The van der Waals surface area contributed by atoms with Gasteiger partial charge in [0.25, 0.3) is 0 Å². The fraction of sp³-hybridized carbons (Fsp3) is 0.278. The molecule has 122 valence electrons. The van der Waals surface area contributed by atoms with E-state index in [1.165, 1.54) is 12.1 Å². The summed E-state index contributed by atoms with van der Waals surface area (Å²) in [6.07, 6.45) is 0. The highest BCUT2D eigenvalue weighted by Crippen LogP contribution is 2.22. The minimum Gasteiger partial charge on any atom is -0.325 e. The van der Waals surface area contributed by atoms with Crippen molar-refractivity contribution < 1.29 is 9.18 Å². The molecule has 0 heterocycles. The lowest BCUT2D eigenvalue weighted by Crippen LogP contribution is -2.33. The van der Waals surface area contributed by atoms with E-state index in [1.54, 1.807) is 12.1 Å². The van der Waals surface area contributed by atoms with Crippen molar-refractivity contribution in [3.05, 3.63) is 64.4 Å². The maximum absolute atomic E-state index is 13.1. The summed E-state index contributed by atoms with van der Waals surface area (Å²) in [7, 11) is 0. The summed E-state index contributed by atoms with van der Waals surface area (Å²) in [6.45, 7) is 4.31. The lowest BCUT2D eigenvalue weighted by Gasteiger charge is -2.22. The van der Waals surface area contributed by atoms with E-state index < -0.39 is 0 Å². The molecule has 0 aliphatic carbocycles. The molecule has 2 aromatic carbocycles. The van der Waals surface area contributed by atoms with E-state index in [0.717, 1.165) is 15.7 Å². The normalized spacial score (nSPS) is 12.2. The van der Waals surface area contributed by atoms with Crippen LogP contribution in [0.5, 0.6) is 0 Å². The van der Waals surface area contributed by atoms with Gasteiger partial charge in [0.05, 0.1) is 6.54 Å². The Morgan fingerprint density at radius 2 is 1.87 bits per heavy atom. The van der Waals surface area contributed by atoms with Gasteiger partial charge < -0.3 is 10.6 Å². The van der Waals surface area contributed by atoms with Crippen molar-refractivity contribution in [2.45, 2.75) is 19.9 Å². The number of hydrogen-bond donors (Lipinski definition) is 2. The van der Waals surface area contributed by atoms with E-state index in [0.29, 0.717) is 0 Å². The molecule has 2 aromatic rings. The Kier molecular flexibility index (Phi) is 6.30. The van der Waals surface area contributed by atoms with Crippen LogP contribution >= 0.6 is 15.9 Å². The number of amides is 1. The third-order valence-electron chi connectivity index (χ3n) is 3.49. The van der Waals surface area contributed by atoms with Crippen LogP contribution in [-0.2, 0) is 4.79 Å². The maximum Gasteiger partial charge on any atom is 0.238 e. The molecule has 1 amide bonds. The van der Waals surface area contributed by atoms with Crippen LogP contribution in [0.3, 0.4) is 0 Å². The van der Waals surface area contributed by atoms with Crippen molar-refractivity contribution in [3.63, 3.8) is 0 Å². The van der Waals surface area contributed by atoms with E-state index in [1.807, 2.05) is 24.3 Å². The van der Waals surface area contributed by atoms with Crippen LogP contribution in [0.4, 0.5) is 10.1 Å². The molecule has 3 nitrogen and oxygen atoms in total. The maximum atomic E-state index is 13.1. The molecule has 0 aliphatic rings. The fourth-order valence-electron chi connectivity index (χ4n) is 2.38. The van der Waals surface area contributed by atoms with Crippen LogP contribution in [0.2, 0.25) is 0 Å². The number of carbonyl (C=O) groups is 1. The molecule has 0 unspecified atom stereocenters. The number of anilines is 1. The zero-order chi connectivity index (χ0) is 16.8. The van der Waals surface area contributed by atoms with Crippen molar-refractivity contribution in [3.8, 4) is 0 Å². The van der Waals surface area contributed by atoms with E-state index >= 15 is 0 Å². The molecule has 0 bridgehead atoms. The standard InChI is InChI=1S/C18H20BrFN2O/c1-12(2)18(13-6-8-15(20)9-7-13)21-11-17(23)22-16-5-3-4-14(19)10-16/h3-10,12,18,21H,11H2,1-2H3,(H,22,23)/t18-/m1/s1. The summed E-state index contributed by atoms with van der Waals surface area (Å²) in [4.78, 5) is 12.1. The average molecular weight is 379 g/mol. The van der Waals surface area contributed by atoms with Crippen molar-refractivity contribution in [2.24, 2.45) is 5.92 Å². The van der Waals surface area contributed by atoms with Gasteiger partial charge in [0, 0.05) is 16.2 Å². The first-order chi connectivity index (χ1) is 11.0. The fourth-order valence-corrected chi connectivity index (χ4v) is 2.78. The van der Waals surface area contributed by atoms with Gasteiger partial charge in [-0.1, -0.05) is 48.0 Å². The minimum atomic E-state index is -0.261. The van der Waals surface area contributed by atoms with Gasteiger partial charge in [-0.05, 0) is 41.8 Å². The number of benzene rings is 2. The number of rotatable bonds is 6. The third-order valence-corrected chi connectivity index (χ3v) is 3.98. The van der Waals surface area contributed by atoms with Crippen molar-refractivity contribution in [1.82, 2.24) is 5.32 Å². The molecule has 1 atom stereocenters. The molecule has 0 spiro atoms. The molecule has 0 saturated heterocycles. The summed E-state index contributed by atoms with van der Waals surface area (Å²) >= 11 is 3.37. The zero-order valence-corrected chi connectivity index (χ0v) is 14.7. The van der Waals surface area contributed by atoms with Crippen LogP contribution in [0.25, 0.3) is 0 Å². The highest BCUT2D eigenvalue weighted by Gasteiger charge is 2.16. The Morgan fingerprint density at radius 1 is 1.17 bits per heavy atom. The molecule has 0 aliphatic heterocycles. The molecule has 0 fully saturated rings. The minimum absolute atomic E-state index is 0.0103. The van der Waals surface area contributed by atoms with E-state index in [9.17, 15) is 9.18 Å². The summed E-state index contributed by atoms with van der Waals surface area (Å²) in [5.74, 6) is -0.0985. The number of halogens is 2. The Labute approximate surface area is 144 Å². The van der Waals surface area contributed by atoms with Crippen molar-refractivity contribution in [1.29, 1.82) is 0 Å². The Balaban J connectivity index is 1.96. The van der Waals surface area contributed by atoms with Gasteiger partial charge in [-0.2, -0.15) is 0 Å². The second kappa shape index (κ2) is 8.22. The first-order valence-corrected chi connectivity index (χ1v) is 8.29. The third kappa shape index (κ3) is 5.44. The Bertz CT molecular complexity index is 658. The molecule has 0 aromatic heterocycles. The highest BCUT2D eigenvalue weighted by molar-refractivity contribution is 9.10. The van der Waals surface area contributed by atoms with Gasteiger partial charge >= 0.3 is 0 Å². The van der Waals surface area contributed by atoms with Gasteiger partial charge in [0.1, 0.15) is 5.82 Å². The van der Waals surface area contributed by atoms with Crippen molar-refractivity contribution >= 4 is 27.5 Å². The zero-order valence-electron chi connectivity index (χ0n) is 13.1. The molecule has 0 saturated carbocycles. The highest BCUT2D eigenvalue weighted by atomic mass is 79.9. The molecule has 2 N–H and O–H groups in total. The van der Waals surface area contributed by atoms with E-state index in [-0.39, 0.29) is 30.2 Å². The number of nitrogens with one attached hydrogen (secondary N) is 2. The molecule has 0 radical (unpaired) electrons. The smallest absolute Gasteiger partial charge is 0.238 e. The molecular formula is C18H20BrFN2O. The molecule has 2 rings (SSSR count). The summed E-state index contributed by atoms with van der Waals surface area (Å²) < 4.78 is 14.0. The van der Waals surface area contributed by atoms with Crippen LogP contribution < -0.4 is 10.6 Å². The SMILES string of the molecule is CC(C)[C@@H](NCC(=O)Nc1cccc(Br)c1)c1ccc(F)cc1. The lowest BCUT2D eigenvalue weighted by atomic mass is 9.96.